The van der Waals surface area contributed by atoms with E-state index in [0.717, 1.165) is 34.4 Å². The van der Waals surface area contributed by atoms with Crippen molar-refractivity contribution < 1.29 is 14.3 Å². The standard InChI is InChI=1S/C24H28N4O3/c1-14-21-22(27-26-14)24(29)28(23(21)15-5-4-6-17(11-15)30-2)10-9-16-13-25-20-8-7-18(31-3)12-19(16)20/h4-8,11-14,21-23,25-27H,9-10H2,1-3H3. The fourth-order valence-corrected chi connectivity index (χ4v) is 5.12. The second kappa shape index (κ2) is 7.90. The molecule has 2 aliphatic heterocycles. The molecule has 0 bridgehead atoms. The molecule has 0 radical (unpaired) electrons. The maximum absolute atomic E-state index is 13.4. The number of H-pyrrole nitrogens is 1. The first-order chi connectivity index (χ1) is 15.1. The van der Waals surface area contributed by atoms with Gasteiger partial charge >= 0.3 is 0 Å². The number of amides is 1. The van der Waals surface area contributed by atoms with Crippen LogP contribution in [0.5, 0.6) is 11.5 Å². The van der Waals surface area contributed by atoms with Crippen LogP contribution in [0.2, 0.25) is 0 Å². The van der Waals surface area contributed by atoms with Gasteiger partial charge in [0.1, 0.15) is 17.5 Å². The van der Waals surface area contributed by atoms with Crippen LogP contribution >= 0.6 is 0 Å². The summed E-state index contributed by atoms with van der Waals surface area (Å²) in [5.74, 6) is 1.94. The van der Waals surface area contributed by atoms with Crippen LogP contribution in [0.15, 0.2) is 48.7 Å². The smallest absolute Gasteiger partial charge is 0.242 e. The van der Waals surface area contributed by atoms with Crippen molar-refractivity contribution >= 4 is 16.8 Å². The van der Waals surface area contributed by atoms with Gasteiger partial charge in [0.15, 0.2) is 0 Å². The second-order valence-corrected chi connectivity index (χ2v) is 8.36. The Labute approximate surface area is 181 Å². The number of rotatable bonds is 6. The number of hydrazine groups is 1. The van der Waals surface area contributed by atoms with E-state index in [1.807, 2.05) is 35.4 Å². The van der Waals surface area contributed by atoms with Crippen molar-refractivity contribution in [3.8, 4) is 11.5 Å². The molecular formula is C24H28N4O3. The minimum absolute atomic E-state index is 0.00941. The molecule has 3 aromatic rings. The number of ether oxygens (including phenoxy) is 2. The van der Waals surface area contributed by atoms with Crippen molar-refractivity contribution in [3.05, 3.63) is 59.8 Å². The average Bonchev–Trinajstić information content (AvgIpc) is 3.46. The molecule has 4 atom stereocenters. The fraction of sp³-hybridized carbons (Fsp3) is 0.375. The van der Waals surface area contributed by atoms with Gasteiger partial charge in [-0.2, -0.15) is 0 Å². The molecular weight excluding hydrogens is 392 g/mol. The predicted molar refractivity (Wildman–Crippen MR) is 119 cm³/mol. The summed E-state index contributed by atoms with van der Waals surface area (Å²) in [4.78, 5) is 18.7. The number of methoxy groups -OCH3 is 2. The Morgan fingerprint density at radius 3 is 2.65 bits per heavy atom. The van der Waals surface area contributed by atoms with Gasteiger partial charge in [-0.15, -0.1) is 0 Å². The number of aromatic nitrogens is 1. The number of likely N-dealkylation sites (tertiary alicyclic amines) is 1. The van der Waals surface area contributed by atoms with Crippen LogP contribution in [0.3, 0.4) is 0 Å². The highest BCUT2D eigenvalue weighted by molar-refractivity contribution is 5.87. The lowest BCUT2D eigenvalue weighted by atomic mass is 9.87. The molecule has 2 fully saturated rings. The number of benzene rings is 2. The van der Waals surface area contributed by atoms with Gasteiger partial charge < -0.3 is 19.4 Å². The van der Waals surface area contributed by atoms with Crippen molar-refractivity contribution in [3.63, 3.8) is 0 Å². The third-order valence-electron chi connectivity index (χ3n) is 6.71. The number of aromatic amines is 1. The van der Waals surface area contributed by atoms with Crippen LogP contribution in [-0.2, 0) is 11.2 Å². The predicted octanol–water partition coefficient (Wildman–Crippen LogP) is 2.79. The molecule has 1 aromatic heterocycles. The molecule has 5 rings (SSSR count). The van der Waals surface area contributed by atoms with Crippen molar-refractivity contribution in [2.24, 2.45) is 5.92 Å². The molecule has 162 valence electrons. The monoisotopic (exact) mass is 420 g/mol. The zero-order chi connectivity index (χ0) is 21.5. The van der Waals surface area contributed by atoms with Gasteiger partial charge in [0.25, 0.3) is 0 Å². The van der Waals surface area contributed by atoms with Gasteiger partial charge in [0, 0.05) is 35.6 Å². The first-order valence-electron chi connectivity index (χ1n) is 10.7. The minimum atomic E-state index is -0.214. The van der Waals surface area contributed by atoms with Gasteiger partial charge in [-0.3, -0.25) is 10.2 Å². The molecule has 2 saturated heterocycles. The zero-order valence-electron chi connectivity index (χ0n) is 18.0. The van der Waals surface area contributed by atoms with Crippen LogP contribution in [0, 0.1) is 5.92 Å². The molecule has 0 saturated carbocycles. The summed E-state index contributed by atoms with van der Waals surface area (Å²) in [6, 6.07) is 14.1. The minimum Gasteiger partial charge on any atom is -0.497 e. The third kappa shape index (κ3) is 3.34. The van der Waals surface area contributed by atoms with Crippen LogP contribution in [0.1, 0.15) is 24.1 Å². The number of fused-ring (bicyclic) bond motifs is 2. The van der Waals surface area contributed by atoms with Crippen molar-refractivity contribution in [2.75, 3.05) is 20.8 Å². The first kappa shape index (κ1) is 19.9. The number of nitrogens with zero attached hydrogens (tertiary/aromatic N) is 1. The lowest BCUT2D eigenvalue weighted by Crippen LogP contribution is -2.42. The summed E-state index contributed by atoms with van der Waals surface area (Å²) in [5, 5.41) is 1.14. The van der Waals surface area contributed by atoms with E-state index in [0.29, 0.717) is 6.54 Å². The quantitative estimate of drug-likeness (QED) is 0.572. The van der Waals surface area contributed by atoms with E-state index in [-0.39, 0.29) is 30.0 Å². The summed E-state index contributed by atoms with van der Waals surface area (Å²) < 4.78 is 10.8. The van der Waals surface area contributed by atoms with Crippen molar-refractivity contribution in [1.29, 1.82) is 0 Å². The molecule has 0 spiro atoms. The Kier molecular flexibility index (Phi) is 5.08. The number of nitrogens with one attached hydrogen (secondary N) is 3. The Bertz CT molecular complexity index is 1110. The lowest BCUT2D eigenvalue weighted by Gasteiger charge is -2.30. The molecule has 1 amide bonds. The van der Waals surface area contributed by atoms with Gasteiger partial charge in [-0.1, -0.05) is 12.1 Å². The SMILES string of the molecule is COc1cccc(C2C3C(C)NNC3C(=O)N2CCc2c[nH]c3ccc(OC)cc23)c1. The van der Waals surface area contributed by atoms with Crippen LogP contribution in [0.25, 0.3) is 10.9 Å². The van der Waals surface area contributed by atoms with Crippen molar-refractivity contribution in [2.45, 2.75) is 31.5 Å². The molecule has 31 heavy (non-hydrogen) atoms. The Balaban J connectivity index is 1.46. The van der Waals surface area contributed by atoms with Gasteiger partial charge in [-0.05, 0) is 54.8 Å². The molecule has 0 aliphatic carbocycles. The molecule has 3 N–H and O–H groups in total. The average molecular weight is 421 g/mol. The number of carbonyl (C=O) groups excluding carboxylic acids is 1. The Morgan fingerprint density at radius 2 is 1.84 bits per heavy atom. The summed E-state index contributed by atoms with van der Waals surface area (Å²) >= 11 is 0. The maximum atomic E-state index is 13.4. The third-order valence-corrected chi connectivity index (χ3v) is 6.71. The van der Waals surface area contributed by atoms with E-state index < -0.39 is 0 Å². The van der Waals surface area contributed by atoms with E-state index in [4.69, 9.17) is 9.47 Å². The molecule has 7 nitrogen and oxygen atoms in total. The number of carbonyl (C=O) groups is 1. The summed E-state index contributed by atoms with van der Waals surface area (Å²) in [7, 11) is 3.35. The first-order valence-corrected chi connectivity index (χ1v) is 10.7. The Morgan fingerprint density at radius 1 is 1.03 bits per heavy atom. The van der Waals surface area contributed by atoms with E-state index in [1.165, 1.54) is 5.56 Å². The summed E-state index contributed by atoms with van der Waals surface area (Å²) in [6.07, 6.45) is 2.80. The number of hydrogen-bond acceptors (Lipinski definition) is 5. The van der Waals surface area contributed by atoms with Crippen LogP contribution in [-0.4, -0.2) is 48.6 Å². The van der Waals surface area contributed by atoms with E-state index in [9.17, 15) is 4.79 Å². The zero-order valence-corrected chi connectivity index (χ0v) is 18.0. The highest BCUT2D eigenvalue weighted by atomic mass is 16.5. The fourth-order valence-electron chi connectivity index (χ4n) is 5.12. The lowest BCUT2D eigenvalue weighted by molar-refractivity contribution is -0.130. The largest absolute Gasteiger partial charge is 0.497 e. The summed E-state index contributed by atoms with van der Waals surface area (Å²) in [5.41, 5.74) is 9.84. The maximum Gasteiger partial charge on any atom is 0.242 e. The molecule has 7 heteroatoms. The van der Waals surface area contributed by atoms with Gasteiger partial charge in [0.2, 0.25) is 5.91 Å². The van der Waals surface area contributed by atoms with Crippen LogP contribution in [0.4, 0.5) is 0 Å². The van der Waals surface area contributed by atoms with E-state index >= 15 is 0 Å². The highest BCUT2D eigenvalue weighted by Crippen LogP contribution is 2.43. The topological polar surface area (TPSA) is 78.6 Å². The normalized spacial score (nSPS) is 25.3. The second-order valence-electron chi connectivity index (χ2n) is 8.36. The highest BCUT2D eigenvalue weighted by Gasteiger charge is 2.53. The molecule has 4 unspecified atom stereocenters. The van der Waals surface area contributed by atoms with Crippen LogP contribution < -0.4 is 20.3 Å². The van der Waals surface area contributed by atoms with E-state index in [1.54, 1.807) is 14.2 Å². The molecule has 2 aliphatic rings. The van der Waals surface area contributed by atoms with Gasteiger partial charge in [-0.25, -0.2) is 5.43 Å². The van der Waals surface area contributed by atoms with Gasteiger partial charge in [0.05, 0.1) is 20.3 Å². The van der Waals surface area contributed by atoms with Crippen molar-refractivity contribution in [1.82, 2.24) is 20.7 Å². The number of hydrogen-bond donors (Lipinski definition) is 3. The molecule has 3 heterocycles. The Hall–Kier alpha value is -3.03. The van der Waals surface area contributed by atoms with E-state index in [2.05, 4.69) is 41.0 Å². The summed E-state index contributed by atoms with van der Waals surface area (Å²) in [6.45, 7) is 2.78. The molecule has 2 aromatic carbocycles.